The molecule has 3 aromatic rings. The van der Waals surface area contributed by atoms with Gasteiger partial charge in [0.1, 0.15) is 0 Å². The summed E-state index contributed by atoms with van der Waals surface area (Å²) in [6, 6.07) is 18.1. The fourth-order valence-electron chi connectivity index (χ4n) is 2.17. The van der Waals surface area contributed by atoms with Gasteiger partial charge >= 0.3 is 0 Å². The van der Waals surface area contributed by atoms with E-state index in [0.29, 0.717) is 11.4 Å². The van der Waals surface area contributed by atoms with Gasteiger partial charge in [0.2, 0.25) is 5.82 Å². The van der Waals surface area contributed by atoms with Crippen molar-refractivity contribution in [1.29, 1.82) is 5.26 Å². The molecule has 0 bridgehead atoms. The van der Waals surface area contributed by atoms with Crippen LogP contribution in [-0.2, 0) is 0 Å². The summed E-state index contributed by atoms with van der Waals surface area (Å²) in [5.41, 5.74) is 2.33. The van der Waals surface area contributed by atoms with Gasteiger partial charge in [-0.3, -0.25) is 4.79 Å². The highest BCUT2D eigenvalue weighted by molar-refractivity contribution is 6.02. The molecule has 0 aliphatic rings. The smallest absolute Gasteiger partial charge is 0.252 e. The van der Waals surface area contributed by atoms with Crippen LogP contribution in [-0.4, -0.2) is 15.9 Å². The summed E-state index contributed by atoms with van der Waals surface area (Å²) in [5, 5.41) is 13.2. The van der Waals surface area contributed by atoms with Crippen LogP contribution in [0.15, 0.2) is 59.1 Å². The first-order valence-electron chi connectivity index (χ1n) is 7.08. The lowest BCUT2D eigenvalue weighted by Gasteiger charge is -2.02. The minimum absolute atomic E-state index is 0.0110. The molecule has 0 aliphatic heterocycles. The van der Waals surface area contributed by atoms with Crippen molar-refractivity contribution < 1.29 is 9.32 Å². The number of rotatable bonds is 4. The highest BCUT2D eigenvalue weighted by Crippen LogP contribution is 2.23. The van der Waals surface area contributed by atoms with Crippen molar-refractivity contribution in [3.8, 4) is 17.5 Å². The van der Waals surface area contributed by atoms with Crippen molar-refractivity contribution in [2.45, 2.75) is 12.8 Å². The quantitative estimate of drug-likeness (QED) is 0.689. The number of nitrogens with zero attached hydrogens (tertiary/aromatic N) is 3. The van der Waals surface area contributed by atoms with Crippen molar-refractivity contribution in [3.63, 3.8) is 0 Å². The summed E-state index contributed by atoms with van der Waals surface area (Å²) in [7, 11) is 0. The first-order valence-corrected chi connectivity index (χ1v) is 7.08. The number of hydrogen-bond acceptors (Lipinski definition) is 5. The average Bonchev–Trinajstić information content (AvgIpc) is 3.06. The molecule has 1 aromatic heterocycles. The molecule has 5 heteroatoms. The molecule has 2 aromatic carbocycles. The largest absolute Gasteiger partial charge is 0.337 e. The first-order chi connectivity index (χ1) is 11.2. The van der Waals surface area contributed by atoms with E-state index >= 15 is 0 Å². The lowest BCUT2D eigenvalue weighted by Crippen LogP contribution is -2.11. The summed E-state index contributed by atoms with van der Waals surface area (Å²) in [4.78, 5) is 16.6. The number of ketones is 1. The maximum Gasteiger partial charge on any atom is 0.252 e. The molecular formula is C18H13N3O2. The number of aromatic nitrogens is 2. The summed E-state index contributed by atoms with van der Waals surface area (Å²) in [6.45, 7) is 1.98. The monoisotopic (exact) mass is 303 g/mol. The van der Waals surface area contributed by atoms with Crippen LogP contribution in [0.1, 0.15) is 27.7 Å². The number of aryl methyl sites for hydroxylation is 1. The van der Waals surface area contributed by atoms with E-state index in [1.54, 1.807) is 30.3 Å². The van der Waals surface area contributed by atoms with E-state index in [4.69, 9.17) is 4.52 Å². The molecule has 0 fully saturated rings. The minimum Gasteiger partial charge on any atom is -0.337 e. The zero-order chi connectivity index (χ0) is 16.2. The second-order valence-electron chi connectivity index (χ2n) is 5.11. The molecule has 1 atom stereocenters. The second-order valence-corrected chi connectivity index (χ2v) is 5.11. The summed E-state index contributed by atoms with van der Waals surface area (Å²) in [6.07, 6.45) is 0. The molecule has 0 unspecified atom stereocenters. The van der Waals surface area contributed by atoms with Gasteiger partial charge in [0, 0.05) is 11.1 Å². The number of nitriles is 1. The van der Waals surface area contributed by atoms with Crippen molar-refractivity contribution in [2.75, 3.05) is 0 Å². The second kappa shape index (κ2) is 6.24. The number of carbonyl (C=O) groups is 1. The van der Waals surface area contributed by atoms with Crippen LogP contribution in [0.5, 0.6) is 0 Å². The third kappa shape index (κ3) is 3.01. The zero-order valence-corrected chi connectivity index (χ0v) is 12.4. The Balaban J connectivity index is 1.90. The Morgan fingerprint density at radius 1 is 1.13 bits per heavy atom. The summed E-state index contributed by atoms with van der Waals surface area (Å²) in [5.74, 6) is -1.09. The number of benzene rings is 2. The van der Waals surface area contributed by atoms with E-state index in [-0.39, 0.29) is 11.7 Å². The Morgan fingerprint density at radius 2 is 1.83 bits per heavy atom. The predicted molar refractivity (Wildman–Crippen MR) is 83.6 cm³/mol. The maximum atomic E-state index is 12.4. The van der Waals surface area contributed by atoms with Crippen molar-refractivity contribution in [2.24, 2.45) is 0 Å². The van der Waals surface area contributed by atoms with Crippen LogP contribution < -0.4 is 0 Å². The van der Waals surface area contributed by atoms with Crippen LogP contribution in [0.2, 0.25) is 0 Å². The molecular weight excluding hydrogens is 290 g/mol. The standard InChI is InChI=1S/C18H13N3O2/c1-12-7-9-14(10-8-12)17-20-18(23-21-17)15(11-19)16(22)13-5-3-2-4-6-13/h2-10,15H,1H3/t15-/m1/s1. The zero-order valence-electron chi connectivity index (χ0n) is 12.4. The Morgan fingerprint density at radius 3 is 2.48 bits per heavy atom. The minimum atomic E-state index is -1.11. The van der Waals surface area contributed by atoms with Crippen LogP contribution in [0.4, 0.5) is 0 Å². The number of carbonyl (C=O) groups excluding carboxylic acids is 1. The Kier molecular flexibility index (Phi) is 3.98. The Hall–Kier alpha value is -3.26. The molecule has 3 rings (SSSR count). The van der Waals surface area contributed by atoms with Crippen molar-refractivity contribution in [3.05, 3.63) is 71.6 Å². The van der Waals surface area contributed by atoms with Crippen LogP contribution >= 0.6 is 0 Å². The van der Waals surface area contributed by atoms with Crippen LogP contribution in [0.25, 0.3) is 11.4 Å². The molecule has 1 heterocycles. The lowest BCUT2D eigenvalue weighted by molar-refractivity contribution is 0.0966. The molecule has 0 radical (unpaired) electrons. The van der Waals surface area contributed by atoms with E-state index < -0.39 is 5.92 Å². The van der Waals surface area contributed by atoms with Gasteiger partial charge in [0.05, 0.1) is 6.07 Å². The van der Waals surface area contributed by atoms with E-state index in [1.165, 1.54) is 0 Å². The van der Waals surface area contributed by atoms with Crippen molar-refractivity contribution in [1.82, 2.24) is 10.1 Å². The van der Waals surface area contributed by atoms with Gasteiger partial charge in [-0.25, -0.2) is 0 Å². The van der Waals surface area contributed by atoms with Gasteiger partial charge in [-0.2, -0.15) is 10.2 Å². The lowest BCUT2D eigenvalue weighted by atomic mass is 9.99. The molecule has 0 aliphatic carbocycles. The molecule has 0 saturated carbocycles. The molecule has 0 spiro atoms. The van der Waals surface area contributed by atoms with Crippen molar-refractivity contribution >= 4 is 5.78 Å². The van der Waals surface area contributed by atoms with Gasteiger partial charge in [0.25, 0.3) is 5.89 Å². The summed E-state index contributed by atoms with van der Waals surface area (Å²) < 4.78 is 5.14. The van der Waals surface area contributed by atoms with E-state index in [1.807, 2.05) is 37.3 Å². The topological polar surface area (TPSA) is 79.8 Å². The fraction of sp³-hybridized carbons (Fsp3) is 0.111. The predicted octanol–water partition coefficient (Wildman–Crippen LogP) is 3.54. The number of Topliss-reactive ketones (excluding diaryl/α,β-unsaturated/α-hetero) is 1. The molecule has 5 nitrogen and oxygen atoms in total. The number of hydrogen-bond donors (Lipinski definition) is 0. The third-order valence-corrected chi connectivity index (χ3v) is 3.45. The van der Waals surface area contributed by atoms with Gasteiger partial charge in [-0.1, -0.05) is 65.3 Å². The maximum absolute atomic E-state index is 12.4. The molecule has 0 N–H and O–H groups in total. The van der Waals surface area contributed by atoms with Gasteiger partial charge in [-0.05, 0) is 6.92 Å². The normalized spacial score (nSPS) is 11.7. The fourth-order valence-corrected chi connectivity index (χ4v) is 2.17. The summed E-state index contributed by atoms with van der Waals surface area (Å²) >= 11 is 0. The van der Waals surface area contributed by atoms with Gasteiger partial charge in [0.15, 0.2) is 11.7 Å². The molecule has 0 saturated heterocycles. The Labute approximate surface area is 133 Å². The SMILES string of the molecule is Cc1ccc(-c2noc([C@H](C#N)C(=O)c3ccccc3)n2)cc1. The van der Waals surface area contributed by atoms with Crippen LogP contribution in [0.3, 0.4) is 0 Å². The highest BCUT2D eigenvalue weighted by Gasteiger charge is 2.27. The molecule has 0 amide bonds. The molecule has 112 valence electrons. The van der Waals surface area contributed by atoms with Crippen LogP contribution in [0, 0.1) is 18.3 Å². The van der Waals surface area contributed by atoms with E-state index in [9.17, 15) is 10.1 Å². The Bertz CT molecular complexity index is 861. The average molecular weight is 303 g/mol. The first kappa shape index (κ1) is 14.7. The highest BCUT2D eigenvalue weighted by atomic mass is 16.5. The van der Waals surface area contributed by atoms with Gasteiger partial charge < -0.3 is 4.52 Å². The third-order valence-electron chi connectivity index (χ3n) is 3.45. The molecule has 23 heavy (non-hydrogen) atoms. The van der Waals surface area contributed by atoms with E-state index in [2.05, 4.69) is 10.1 Å². The van der Waals surface area contributed by atoms with Gasteiger partial charge in [-0.15, -0.1) is 0 Å². The van der Waals surface area contributed by atoms with E-state index in [0.717, 1.165) is 11.1 Å².